The first-order valence-electron chi connectivity index (χ1n) is 13.7. The van der Waals surface area contributed by atoms with E-state index >= 15 is 0 Å². The molecule has 0 aliphatic rings. The summed E-state index contributed by atoms with van der Waals surface area (Å²) in [6, 6.07) is 15.3. The molecule has 3 rings (SSSR count). The number of amides is 2. The Morgan fingerprint density at radius 1 is 0.881 bits per heavy atom. The standard InChI is InChI=1S/C31H36Cl3N3O4S/c1-6-22(5)35-31(39)28(7-2)36(18-23-11-15-26(33)27(34)16-23)30(38)19-37(29-17-24(32)12-10-21(29)4)42(40,41)25-13-8-20(3)9-14-25/h8-17,22,28H,6-7,18-19H2,1-5H3,(H,35,39)/t22-,28-/m1/s1. The van der Waals surface area contributed by atoms with Gasteiger partial charge in [0.1, 0.15) is 12.6 Å². The number of hydrogen-bond donors (Lipinski definition) is 1. The molecule has 0 unspecified atom stereocenters. The van der Waals surface area contributed by atoms with E-state index in [1.165, 1.54) is 23.1 Å². The average Bonchev–Trinajstić information content (AvgIpc) is 2.94. The Balaban J connectivity index is 2.12. The van der Waals surface area contributed by atoms with Crippen LogP contribution in [0.2, 0.25) is 15.1 Å². The molecule has 0 heterocycles. The topological polar surface area (TPSA) is 86.8 Å². The fraction of sp³-hybridized carbons (Fsp3) is 0.355. The Hall–Kier alpha value is -2.78. The molecule has 0 aliphatic heterocycles. The van der Waals surface area contributed by atoms with E-state index in [0.29, 0.717) is 39.0 Å². The molecule has 226 valence electrons. The van der Waals surface area contributed by atoms with E-state index in [-0.39, 0.29) is 29.1 Å². The lowest BCUT2D eigenvalue weighted by Crippen LogP contribution is -2.53. The van der Waals surface area contributed by atoms with E-state index in [2.05, 4.69) is 5.32 Å². The molecule has 0 fully saturated rings. The number of rotatable bonds is 12. The van der Waals surface area contributed by atoms with Crippen LogP contribution < -0.4 is 9.62 Å². The first-order valence-corrected chi connectivity index (χ1v) is 16.2. The molecule has 0 bridgehead atoms. The molecule has 0 spiro atoms. The summed E-state index contributed by atoms with van der Waals surface area (Å²) < 4.78 is 29.2. The van der Waals surface area contributed by atoms with Gasteiger partial charge in [-0.1, -0.05) is 78.5 Å². The number of aryl methyl sites for hydroxylation is 2. The molecule has 2 atom stereocenters. The van der Waals surface area contributed by atoms with Crippen LogP contribution in [0.3, 0.4) is 0 Å². The Morgan fingerprint density at radius 3 is 2.14 bits per heavy atom. The van der Waals surface area contributed by atoms with Crippen LogP contribution in [-0.4, -0.2) is 43.8 Å². The number of anilines is 1. The zero-order valence-corrected chi connectivity index (χ0v) is 27.4. The molecule has 0 aromatic heterocycles. The number of carbonyl (C=O) groups excluding carboxylic acids is 2. The highest BCUT2D eigenvalue weighted by atomic mass is 35.5. The Kier molecular flexibility index (Phi) is 11.7. The lowest BCUT2D eigenvalue weighted by Gasteiger charge is -2.34. The number of nitrogens with zero attached hydrogens (tertiary/aromatic N) is 2. The van der Waals surface area contributed by atoms with E-state index in [4.69, 9.17) is 34.8 Å². The van der Waals surface area contributed by atoms with Crippen LogP contribution in [0, 0.1) is 13.8 Å². The summed E-state index contributed by atoms with van der Waals surface area (Å²) in [7, 11) is -4.21. The predicted octanol–water partition coefficient (Wildman–Crippen LogP) is 7.18. The maximum absolute atomic E-state index is 14.2. The van der Waals surface area contributed by atoms with Crippen LogP contribution in [0.15, 0.2) is 65.6 Å². The van der Waals surface area contributed by atoms with Crippen LogP contribution in [0.5, 0.6) is 0 Å². The first-order chi connectivity index (χ1) is 19.8. The lowest BCUT2D eigenvalue weighted by molar-refractivity contribution is -0.140. The van der Waals surface area contributed by atoms with E-state index in [9.17, 15) is 18.0 Å². The maximum atomic E-state index is 14.2. The van der Waals surface area contributed by atoms with Crippen molar-refractivity contribution >= 4 is 62.3 Å². The van der Waals surface area contributed by atoms with Gasteiger partial charge in [-0.05, 0) is 81.1 Å². The third kappa shape index (κ3) is 8.19. The molecule has 0 aliphatic carbocycles. The van der Waals surface area contributed by atoms with Gasteiger partial charge in [0.2, 0.25) is 11.8 Å². The van der Waals surface area contributed by atoms with Gasteiger partial charge in [-0.15, -0.1) is 0 Å². The summed E-state index contributed by atoms with van der Waals surface area (Å²) in [6.07, 6.45) is 1.01. The number of nitrogens with one attached hydrogen (secondary N) is 1. The summed E-state index contributed by atoms with van der Waals surface area (Å²) in [6.45, 7) is 8.68. The smallest absolute Gasteiger partial charge is 0.264 e. The number of hydrogen-bond acceptors (Lipinski definition) is 4. The number of sulfonamides is 1. The van der Waals surface area contributed by atoms with Gasteiger partial charge in [-0.2, -0.15) is 0 Å². The van der Waals surface area contributed by atoms with Crippen molar-refractivity contribution in [3.8, 4) is 0 Å². The molecule has 2 amide bonds. The van der Waals surface area contributed by atoms with Crippen molar-refractivity contribution in [3.05, 3.63) is 92.4 Å². The summed E-state index contributed by atoms with van der Waals surface area (Å²) in [5.41, 5.74) is 2.41. The molecule has 3 aromatic carbocycles. The predicted molar refractivity (Wildman–Crippen MR) is 171 cm³/mol. The maximum Gasteiger partial charge on any atom is 0.264 e. The average molecular weight is 653 g/mol. The normalized spacial score (nSPS) is 12.9. The Bertz CT molecular complexity index is 1530. The van der Waals surface area contributed by atoms with Crippen molar-refractivity contribution in [2.75, 3.05) is 10.8 Å². The summed E-state index contributed by atoms with van der Waals surface area (Å²) >= 11 is 18.7. The number of benzene rings is 3. The van der Waals surface area contributed by atoms with E-state index in [1.807, 2.05) is 20.8 Å². The largest absolute Gasteiger partial charge is 0.352 e. The number of carbonyl (C=O) groups is 2. The molecular formula is C31H36Cl3N3O4S. The fourth-order valence-electron chi connectivity index (χ4n) is 4.40. The van der Waals surface area contributed by atoms with Crippen molar-refractivity contribution in [3.63, 3.8) is 0 Å². The van der Waals surface area contributed by atoms with Gasteiger partial charge in [-0.3, -0.25) is 13.9 Å². The molecule has 0 saturated carbocycles. The molecule has 0 radical (unpaired) electrons. The van der Waals surface area contributed by atoms with Crippen LogP contribution in [0.25, 0.3) is 0 Å². The Morgan fingerprint density at radius 2 is 1.55 bits per heavy atom. The second-order valence-electron chi connectivity index (χ2n) is 10.3. The first kappa shape index (κ1) is 33.7. The SMILES string of the molecule is CC[C@@H](C)NC(=O)[C@@H](CC)N(Cc1ccc(Cl)c(Cl)c1)C(=O)CN(c1cc(Cl)ccc1C)S(=O)(=O)c1ccc(C)cc1. The van der Waals surface area contributed by atoms with E-state index in [1.54, 1.807) is 56.3 Å². The van der Waals surface area contributed by atoms with Crippen molar-refractivity contribution in [2.45, 2.75) is 71.0 Å². The fourth-order valence-corrected chi connectivity index (χ4v) is 6.35. The molecule has 42 heavy (non-hydrogen) atoms. The second kappa shape index (κ2) is 14.6. The van der Waals surface area contributed by atoms with Crippen molar-refractivity contribution < 1.29 is 18.0 Å². The van der Waals surface area contributed by atoms with E-state index < -0.39 is 28.5 Å². The van der Waals surface area contributed by atoms with E-state index in [0.717, 1.165) is 9.87 Å². The highest BCUT2D eigenvalue weighted by Crippen LogP contribution is 2.31. The number of halogens is 3. The molecular weight excluding hydrogens is 617 g/mol. The van der Waals surface area contributed by atoms with Gasteiger partial charge >= 0.3 is 0 Å². The summed E-state index contributed by atoms with van der Waals surface area (Å²) in [5.74, 6) is -0.894. The van der Waals surface area contributed by atoms with Crippen LogP contribution in [0.1, 0.15) is 50.3 Å². The van der Waals surface area contributed by atoms with Crippen molar-refractivity contribution in [1.29, 1.82) is 0 Å². The minimum atomic E-state index is -4.21. The molecule has 3 aromatic rings. The molecule has 7 nitrogen and oxygen atoms in total. The zero-order chi connectivity index (χ0) is 31.2. The van der Waals surface area contributed by atoms with Gasteiger partial charge in [-0.25, -0.2) is 8.42 Å². The third-order valence-electron chi connectivity index (χ3n) is 7.05. The van der Waals surface area contributed by atoms with Gasteiger partial charge in [0.05, 0.1) is 20.6 Å². The highest BCUT2D eigenvalue weighted by molar-refractivity contribution is 7.92. The van der Waals surface area contributed by atoms with Gasteiger partial charge in [0.25, 0.3) is 10.0 Å². The van der Waals surface area contributed by atoms with Crippen LogP contribution in [-0.2, 0) is 26.2 Å². The van der Waals surface area contributed by atoms with Gasteiger partial charge in [0.15, 0.2) is 0 Å². The quantitative estimate of drug-likeness (QED) is 0.225. The monoisotopic (exact) mass is 651 g/mol. The highest BCUT2D eigenvalue weighted by Gasteiger charge is 2.34. The van der Waals surface area contributed by atoms with Crippen LogP contribution in [0.4, 0.5) is 5.69 Å². The van der Waals surface area contributed by atoms with Gasteiger partial charge in [0, 0.05) is 17.6 Å². The summed E-state index contributed by atoms with van der Waals surface area (Å²) in [4.78, 5) is 29.0. The van der Waals surface area contributed by atoms with Crippen molar-refractivity contribution in [2.24, 2.45) is 0 Å². The lowest BCUT2D eigenvalue weighted by atomic mass is 10.1. The molecule has 0 saturated heterocycles. The Labute approximate surface area is 263 Å². The minimum absolute atomic E-state index is 0.00903. The molecule has 11 heteroatoms. The zero-order valence-electron chi connectivity index (χ0n) is 24.3. The molecule has 1 N–H and O–H groups in total. The second-order valence-corrected chi connectivity index (χ2v) is 13.4. The van der Waals surface area contributed by atoms with Gasteiger partial charge < -0.3 is 10.2 Å². The summed E-state index contributed by atoms with van der Waals surface area (Å²) in [5, 5.41) is 3.93. The minimum Gasteiger partial charge on any atom is -0.352 e. The van der Waals surface area contributed by atoms with Crippen LogP contribution >= 0.6 is 34.8 Å². The third-order valence-corrected chi connectivity index (χ3v) is 9.80. The van der Waals surface area contributed by atoms with Crippen molar-refractivity contribution in [1.82, 2.24) is 10.2 Å².